The lowest BCUT2D eigenvalue weighted by molar-refractivity contribution is -0.150. The second-order valence-corrected chi connectivity index (χ2v) is 10.8. The number of thiazole rings is 1. The molecule has 19 heteroatoms. The molecule has 1 saturated heterocycles. The number of anilines is 1. The predicted molar refractivity (Wildman–Crippen MR) is 140 cm³/mol. The molecule has 2 unspecified atom stereocenters. The fourth-order valence-corrected chi connectivity index (χ4v) is 6.51. The van der Waals surface area contributed by atoms with E-state index in [4.69, 9.17) is 22.0 Å². The number of aromatic nitrogens is 5. The summed E-state index contributed by atoms with van der Waals surface area (Å²) in [7, 11) is 0. The number of nitrogens with two attached hydrogens (primary N) is 3. The number of carboxylic acids is 1. The first-order valence-electron chi connectivity index (χ1n) is 11.3. The van der Waals surface area contributed by atoms with Crippen LogP contribution in [0.25, 0.3) is 0 Å². The summed E-state index contributed by atoms with van der Waals surface area (Å²) in [6.45, 7) is 1.33. The molecule has 1 fully saturated rings. The maximum Gasteiger partial charge on any atom is 0.352 e. The average Bonchev–Trinajstić information content (AvgIpc) is 3.53. The molecule has 2 aliphatic heterocycles. The molecule has 16 nitrogen and oxygen atoms in total. The smallest absolute Gasteiger partial charge is 0.352 e. The van der Waals surface area contributed by atoms with E-state index < -0.39 is 29.2 Å². The summed E-state index contributed by atoms with van der Waals surface area (Å²) in [6, 6.07) is -0.960. The number of hydrogen-bond acceptors (Lipinski definition) is 15. The zero-order valence-electron chi connectivity index (χ0n) is 19.8. The predicted octanol–water partition coefficient (Wildman–Crippen LogP) is -1.73. The number of β-lactam (4-membered cyclic amide) rings is 1. The van der Waals surface area contributed by atoms with Crippen LogP contribution in [0.4, 0.5) is 5.13 Å². The Morgan fingerprint density at radius 3 is 2.84 bits per heavy atom. The second kappa shape index (κ2) is 12.5. The van der Waals surface area contributed by atoms with E-state index >= 15 is 0 Å². The zero-order chi connectivity index (χ0) is 27.2. The molecule has 0 radical (unpaired) electrons. The van der Waals surface area contributed by atoms with E-state index in [9.17, 15) is 19.5 Å². The fourth-order valence-electron chi connectivity index (χ4n) is 3.58. The number of nitrogens with zero attached hydrogens (tertiary/aromatic N) is 7. The summed E-state index contributed by atoms with van der Waals surface area (Å²) in [4.78, 5) is 48.7. The molecule has 0 aliphatic carbocycles. The third-order valence-electron chi connectivity index (χ3n) is 5.33. The number of rotatable bonds is 13. The van der Waals surface area contributed by atoms with Crippen LogP contribution in [-0.4, -0.2) is 101 Å². The molecule has 2 amide bonds. The Morgan fingerprint density at radius 1 is 1.34 bits per heavy atom. The Morgan fingerprint density at radius 2 is 2.16 bits per heavy atom. The van der Waals surface area contributed by atoms with Crippen molar-refractivity contribution in [3.63, 3.8) is 0 Å². The largest absolute Gasteiger partial charge is 0.477 e. The third kappa shape index (κ3) is 5.90. The van der Waals surface area contributed by atoms with Crippen molar-refractivity contribution in [3.8, 4) is 0 Å². The standard InChI is InChI=1S/C19H25N11O5S3/c20-2-1-5-35-26-11(10-8-37-18(22)23-10)14(31)24-12-15(32)30-13(17(33)34)9(6-36-16(12)30)7-38-19-25-27-28-29(19)4-3-21/h8,12,16H,1-7,20-21H2,(H2,22,23)(H,24,31)(H,33,34)/b26-11+. The summed E-state index contributed by atoms with van der Waals surface area (Å²) in [5.74, 6) is -1.89. The minimum atomic E-state index is -1.24. The van der Waals surface area contributed by atoms with E-state index in [2.05, 4.69) is 31.0 Å². The maximum absolute atomic E-state index is 13.1. The molecule has 204 valence electrons. The summed E-state index contributed by atoms with van der Waals surface area (Å²) >= 11 is 3.71. The zero-order valence-corrected chi connectivity index (χ0v) is 22.3. The van der Waals surface area contributed by atoms with Gasteiger partial charge >= 0.3 is 5.97 Å². The third-order valence-corrected chi connectivity index (χ3v) is 8.38. The molecule has 2 aliphatic rings. The van der Waals surface area contributed by atoms with Gasteiger partial charge < -0.3 is 32.5 Å². The van der Waals surface area contributed by atoms with Gasteiger partial charge in [0.05, 0.1) is 6.54 Å². The Balaban J connectivity index is 1.47. The highest BCUT2D eigenvalue weighted by atomic mass is 32.2. The number of nitrogen functional groups attached to an aromatic ring is 1. The molecule has 0 bridgehead atoms. The van der Waals surface area contributed by atoms with Gasteiger partial charge in [-0.05, 0) is 29.0 Å². The van der Waals surface area contributed by atoms with Gasteiger partial charge in [-0.25, -0.2) is 14.5 Å². The SMILES string of the molecule is NCCCO/N=C(/C(=O)NC1C(=O)N2C(C(=O)O)=C(CSc3nnnn3CCN)CSC12)c1csc(N)n1. The van der Waals surface area contributed by atoms with Crippen molar-refractivity contribution in [1.82, 2.24) is 35.4 Å². The number of aliphatic carboxylic acids is 1. The van der Waals surface area contributed by atoms with E-state index in [1.165, 1.54) is 33.1 Å². The van der Waals surface area contributed by atoms with Crippen LogP contribution in [0.2, 0.25) is 0 Å². The number of fused-ring (bicyclic) bond motifs is 1. The van der Waals surface area contributed by atoms with Gasteiger partial charge in [0, 0.05) is 23.4 Å². The van der Waals surface area contributed by atoms with Crippen LogP contribution in [0.3, 0.4) is 0 Å². The number of amides is 2. The van der Waals surface area contributed by atoms with Gasteiger partial charge in [-0.15, -0.1) is 28.2 Å². The van der Waals surface area contributed by atoms with Gasteiger partial charge in [-0.3, -0.25) is 14.5 Å². The second-order valence-electron chi connectivity index (χ2n) is 7.87. The van der Waals surface area contributed by atoms with Crippen molar-refractivity contribution in [2.45, 2.75) is 29.5 Å². The van der Waals surface area contributed by atoms with Crippen LogP contribution in [0, 0.1) is 0 Å². The summed E-state index contributed by atoms with van der Waals surface area (Å²) < 4.78 is 1.53. The summed E-state index contributed by atoms with van der Waals surface area (Å²) in [5, 5.41) is 29.5. The van der Waals surface area contributed by atoms with Gasteiger partial charge in [0.25, 0.3) is 11.8 Å². The molecule has 2 atom stereocenters. The van der Waals surface area contributed by atoms with E-state index in [0.29, 0.717) is 42.5 Å². The fraction of sp³-hybridized carbons (Fsp3) is 0.474. The quantitative estimate of drug-likeness (QED) is 0.0578. The number of carbonyl (C=O) groups is 3. The van der Waals surface area contributed by atoms with Crippen LogP contribution in [0.5, 0.6) is 0 Å². The molecule has 8 N–H and O–H groups in total. The molecule has 4 heterocycles. The number of thioether (sulfide) groups is 2. The molecule has 0 aromatic carbocycles. The Bertz CT molecular complexity index is 1260. The molecule has 2 aromatic heterocycles. The Hall–Kier alpha value is -3.26. The van der Waals surface area contributed by atoms with Crippen molar-refractivity contribution >= 4 is 63.5 Å². The monoisotopic (exact) mass is 583 g/mol. The van der Waals surface area contributed by atoms with Crippen molar-refractivity contribution in [2.24, 2.45) is 16.6 Å². The molecule has 0 spiro atoms. The molecular weight excluding hydrogens is 558 g/mol. The number of nitrogens with one attached hydrogen (secondary N) is 1. The average molecular weight is 584 g/mol. The van der Waals surface area contributed by atoms with Gasteiger partial charge in [0.1, 0.15) is 29.4 Å². The highest BCUT2D eigenvalue weighted by molar-refractivity contribution is 8.01. The number of oxime groups is 1. The van der Waals surface area contributed by atoms with E-state index in [1.54, 1.807) is 5.38 Å². The van der Waals surface area contributed by atoms with Crippen molar-refractivity contribution in [1.29, 1.82) is 0 Å². The first kappa shape index (κ1) is 27.8. The number of carbonyl (C=O) groups excluding carboxylic acids is 2. The van der Waals surface area contributed by atoms with Crippen LogP contribution in [0.15, 0.2) is 27.0 Å². The minimum absolute atomic E-state index is 0.110. The first-order valence-corrected chi connectivity index (χ1v) is 14.2. The van der Waals surface area contributed by atoms with Gasteiger partial charge in [-0.2, -0.15) is 0 Å². The molecular formula is C19H25N11O5S3. The molecule has 2 aromatic rings. The summed E-state index contributed by atoms with van der Waals surface area (Å²) in [6.07, 6.45) is 0.527. The maximum atomic E-state index is 13.1. The van der Waals surface area contributed by atoms with E-state index in [1.807, 2.05) is 0 Å². The summed E-state index contributed by atoms with van der Waals surface area (Å²) in [5.41, 5.74) is 17.2. The number of carboxylic acid groups (broad SMARTS) is 1. The van der Waals surface area contributed by atoms with Gasteiger partial charge in [-0.1, -0.05) is 16.9 Å². The van der Waals surface area contributed by atoms with Crippen molar-refractivity contribution in [3.05, 3.63) is 22.3 Å². The lowest BCUT2D eigenvalue weighted by Gasteiger charge is -2.49. The molecule has 4 rings (SSSR count). The Labute approximate surface area is 228 Å². The normalized spacial score (nSPS) is 19.3. The first-order chi connectivity index (χ1) is 18.3. The highest BCUT2D eigenvalue weighted by Crippen LogP contribution is 2.41. The molecule has 38 heavy (non-hydrogen) atoms. The van der Waals surface area contributed by atoms with Gasteiger partial charge in [0.15, 0.2) is 10.8 Å². The Kier molecular flexibility index (Phi) is 9.15. The van der Waals surface area contributed by atoms with Crippen LogP contribution in [0.1, 0.15) is 12.1 Å². The van der Waals surface area contributed by atoms with Gasteiger partial charge in [0.2, 0.25) is 5.16 Å². The lowest BCUT2D eigenvalue weighted by Crippen LogP contribution is -2.71. The molecule has 0 saturated carbocycles. The number of hydrogen-bond donors (Lipinski definition) is 5. The van der Waals surface area contributed by atoms with E-state index in [0.717, 1.165) is 11.3 Å². The topological polar surface area (TPSA) is 243 Å². The van der Waals surface area contributed by atoms with Crippen LogP contribution >= 0.6 is 34.9 Å². The van der Waals surface area contributed by atoms with Crippen molar-refractivity contribution < 1.29 is 24.3 Å². The van der Waals surface area contributed by atoms with Crippen molar-refractivity contribution in [2.75, 3.05) is 36.9 Å². The van der Waals surface area contributed by atoms with Crippen LogP contribution in [-0.2, 0) is 25.8 Å². The lowest BCUT2D eigenvalue weighted by atomic mass is 10.0. The van der Waals surface area contributed by atoms with E-state index in [-0.39, 0.29) is 34.6 Å². The highest BCUT2D eigenvalue weighted by Gasteiger charge is 2.54. The van der Waals surface area contributed by atoms with Crippen LogP contribution < -0.4 is 22.5 Å². The minimum Gasteiger partial charge on any atom is -0.477 e. The number of tetrazole rings is 1.